The molecule has 1 rings (SSSR count). The Balaban J connectivity index is 2.26. The third-order valence-corrected chi connectivity index (χ3v) is 2.67. The lowest BCUT2D eigenvalue weighted by molar-refractivity contribution is -0.146. The summed E-state index contributed by atoms with van der Waals surface area (Å²) in [4.78, 5) is 21.8. The van der Waals surface area contributed by atoms with Crippen LogP contribution in [0.25, 0.3) is 0 Å². The van der Waals surface area contributed by atoms with E-state index in [0.29, 0.717) is 5.92 Å². The van der Waals surface area contributed by atoms with Crippen LogP contribution in [-0.4, -0.2) is 23.0 Å². The van der Waals surface area contributed by atoms with Gasteiger partial charge in [-0.1, -0.05) is 13.3 Å². The molecule has 0 spiro atoms. The Kier molecular flexibility index (Phi) is 3.49. The van der Waals surface area contributed by atoms with Crippen molar-refractivity contribution in [3.05, 3.63) is 0 Å². The largest absolute Gasteiger partial charge is 0.481 e. The molecular weight excluding hydrogens is 182 g/mol. The van der Waals surface area contributed by atoms with Gasteiger partial charge >= 0.3 is 5.97 Å². The molecule has 0 bridgehead atoms. The molecule has 0 aromatic heterocycles. The van der Waals surface area contributed by atoms with E-state index in [0.717, 1.165) is 19.3 Å². The van der Waals surface area contributed by atoms with E-state index in [4.69, 9.17) is 5.11 Å². The number of carbonyl (C=O) groups is 2. The lowest BCUT2D eigenvalue weighted by atomic mass is 10.1. The van der Waals surface area contributed by atoms with Crippen molar-refractivity contribution in [3.63, 3.8) is 0 Å². The number of hydrogen-bond acceptors (Lipinski definition) is 2. The maximum Gasteiger partial charge on any atom is 0.315 e. The molecule has 1 aliphatic carbocycles. The van der Waals surface area contributed by atoms with Gasteiger partial charge in [0, 0.05) is 6.04 Å². The zero-order chi connectivity index (χ0) is 10.7. The second-order valence-corrected chi connectivity index (χ2v) is 3.96. The minimum atomic E-state index is -1.06. The van der Waals surface area contributed by atoms with Gasteiger partial charge in [0.15, 0.2) is 0 Å². The molecule has 4 heteroatoms. The van der Waals surface area contributed by atoms with Gasteiger partial charge in [-0.05, 0) is 25.7 Å². The third kappa shape index (κ3) is 2.72. The molecule has 80 valence electrons. The maximum atomic E-state index is 11.3. The average Bonchev–Trinajstić information content (AvgIpc) is 2.82. The Morgan fingerprint density at radius 2 is 2.21 bits per heavy atom. The van der Waals surface area contributed by atoms with Crippen LogP contribution >= 0.6 is 0 Å². The van der Waals surface area contributed by atoms with E-state index in [1.165, 1.54) is 6.92 Å². The van der Waals surface area contributed by atoms with Crippen LogP contribution in [0.1, 0.15) is 33.1 Å². The number of carboxylic acid groups (broad SMARTS) is 1. The summed E-state index contributed by atoms with van der Waals surface area (Å²) in [6.45, 7) is 3.52. The van der Waals surface area contributed by atoms with Crippen molar-refractivity contribution in [2.24, 2.45) is 11.8 Å². The molecule has 4 nitrogen and oxygen atoms in total. The van der Waals surface area contributed by atoms with Gasteiger partial charge in [0.25, 0.3) is 0 Å². The summed E-state index contributed by atoms with van der Waals surface area (Å²) in [6, 6.07) is 0.226. The molecule has 0 aromatic carbocycles. The smallest absolute Gasteiger partial charge is 0.315 e. The molecular formula is C10H17NO3. The standard InChI is InChI=1S/C10H17NO3/c1-3-4-7-5-8(7)11-9(12)6(2)10(13)14/h6-8H,3-5H2,1-2H3,(H,11,12)(H,13,14). The van der Waals surface area contributed by atoms with Crippen LogP contribution in [0.4, 0.5) is 0 Å². The quantitative estimate of drug-likeness (QED) is 0.649. The molecule has 1 amide bonds. The number of amides is 1. The minimum absolute atomic E-state index is 0.226. The van der Waals surface area contributed by atoms with Gasteiger partial charge < -0.3 is 10.4 Å². The predicted molar refractivity (Wildman–Crippen MR) is 51.7 cm³/mol. The number of rotatable bonds is 5. The van der Waals surface area contributed by atoms with Crippen molar-refractivity contribution >= 4 is 11.9 Å². The molecule has 3 atom stereocenters. The number of nitrogens with one attached hydrogen (secondary N) is 1. The second-order valence-electron chi connectivity index (χ2n) is 3.96. The highest BCUT2D eigenvalue weighted by atomic mass is 16.4. The fourth-order valence-electron chi connectivity index (χ4n) is 1.53. The highest BCUT2D eigenvalue weighted by molar-refractivity contribution is 5.96. The van der Waals surface area contributed by atoms with E-state index in [9.17, 15) is 9.59 Å². The highest BCUT2D eigenvalue weighted by Crippen LogP contribution is 2.34. The lowest BCUT2D eigenvalue weighted by Gasteiger charge is -2.07. The van der Waals surface area contributed by atoms with Crippen LogP contribution in [0.15, 0.2) is 0 Å². The first kappa shape index (κ1) is 11.0. The summed E-state index contributed by atoms with van der Waals surface area (Å²) in [5.74, 6) is -1.78. The first-order valence-electron chi connectivity index (χ1n) is 5.09. The molecule has 0 saturated heterocycles. The van der Waals surface area contributed by atoms with Crippen LogP contribution in [0.5, 0.6) is 0 Å². The number of carboxylic acids is 1. The van der Waals surface area contributed by atoms with Gasteiger partial charge in [-0.2, -0.15) is 0 Å². The van der Waals surface area contributed by atoms with Gasteiger partial charge in [-0.3, -0.25) is 9.59 Å². The Morgan fingerprint density at radius 1 is 1.57 bits per heavy atom. The fraction of sp³-hybridized carbons (Fsp3) is 0.800. The van der Waals surface area contributed by atoms with Gasteiger partial charge in [-0.25, -0.2) is 0 Å². The molecule has 2 N–H and O–H groups in total. The van der Waals surface area contributed by atoms with E-state index >= 15 is 0 Å². The summed E-state index contributed by atoms with van der Waals surface area (Å²) in [5, 5.41) is 11.3. The van der Waals surface area contributed by atoms with E-state index in [1.54, 1.807) is 0 Å². The predicted octanol–water partition coefficient (Wildman–Crippen LogP) is 1.01. The minimum Gasteiger partial charge on any atom is -0.481 e. The lowest BCUT2D eigenvalue weighted by Crippen LogP contribution is -2.35. The second kappa shape index (κ2) is 4.44. The molecule has 0 aliphatic heterocycles. The first-order valence-corrected chi connectivity index (χ1v) is 5.09. The Labute approximate surface area is 83.7 Å². The fourth-order valence-corrected chi connectivity index (χ4v) is 1.53. The van der Waals surface area contributed by atoms with Gasteiger partial charge in [0.2, 0.25) is 5.91 Å². The monoisotopic (exact) mass is 199 g/mol. The first-order chi connectivity index (χ1) is 6.56. The van der Waals surface area contributed by atoms with Crippen LogP contribution in [0, 0.1) is 11.8 Å². The maximum absolute atomic E-state index is 11.3. The van der Waals surface area contributed by atoms with Crippen LogP contribution in [0.3, 0.4) is 0 Å². The summed E-state index contributed by atoms with van der Waals surface area (Å²) in [6.07, 6.45) is 3.24. The summed E-state index contributed by atoms with van der Waals surface area (Å²) < 4.78 is 0. The average molecular weight is 199 g/mol. The van der Waals surface area contributed by atoms with Crippen molar-refractivity contribution in [3.8, 4) is 0 Å². The van der Waals surface area contributed by atoms with Crippen molar-refractivity contribution in [1.82, 2.24) is 5.32 Å². The normalized spacial score (nSPS) is 26.7. The molecule has 0 heterocycles. The van der Waals surface area contributed by atoms with E-state index in [1.807, 2.05) is 0 Å². The SMILES string of the molecule is CCCC1CC1NC(=O)C(C)C(=O)O. The van der Waals surface area contributed by atoms with E-state index in [2.05, 4.69) is 12.2 Å². The van der Waals surface area contributed by atoms with Gasteiger partial charge in [0.05, 0.1) is 0 Å². The summed E-state index contributed by atoms with van der Waals surface area (Å²) in [5.41, 5.74) is 0. The molecule has 1 saturated carbocycles. The van der Waals surface area contributed by atoms with Crippen molar-refractivity contribution in [1.29, 1.82) is 0 Å². The number of aliphatic carboxylic acids is 1. The number of carbonyl (C=O) groups excluding carboxylic acids is 1. The van der Waals surface area contributed by atoms with Crippen LogP contribution in [0.2, 0.25) is 0 Å². The third-order valence-electron chi connectivity index (χ3n) is 2.67. The van der Waals surface area contributed by atoms with Crippen LogP contribution in [-0.2, 0) is 9.59 Å². The number of hydrogen-bond donors (Lipinski definition) is 2. The van der Waals surface area contributed by atoms with Crippen molar-refractivity contribution in [2.75, 3.05) is 0 Å². The molecule has 0 radical (unpaired) electrons. The Bertz CT molecular complexity index is 240. The van der Waals surface area contributed by atoms with Gasteiger partial charge in [-0.15, -0.1) is 0 Å². The molecule has 1 aliphatic rings. The highest BCUT2D eigenvalue weighted by Gasteiger charge is 2.38. The van der Waals surface area contributed by atoms with Gasteiger partial charge in [0.1, 0.15) is 5.92 Å². The van der Waals surface area contributed by atoms with Crippen LogP contribution < -0.4 is 5.32 Å². The Hall–Kier alpha value is -1.06. The molecule has 0 aromatic rings. The summed E-state index contributed by atoms with van der Waals surface area (Å²) >= 11 is 0. The summed E-state index contributed by atoms with van der Waals surface area (Å²) in [7, 11) is 0. The molecule has 1 fully saturated rings. The molecule has 3 unspecified atom stereocenters. The zero-order valence-corrected chi connectivity index (χ0v) is 8.62. The Morgan fingerprint density at radius 3 is 2.71 bits per heavy atom. The molecule has 14 heavy (non-hydrogen) atoms. The topological polar surface area (TPSA) is 66.4 Å². The zero-order valence-electron chi connectivity index (χ0n) is 8.62. The van der Waals surface area contributed by atoms with E-state index in [-0.39, 0.29) is 11.9 Å². The van der Waals surface area contributed by atoms with Crippen molar-refractivity contribution in [2.45, 2.75) is 39.2 Å². The van der Waals surface area contributed by atoms with E-state index < -0.39 is 11.9 Å². The van der Waals surface area contributed by atoms with Crippen molar-refractivity contribution < 1.29 is 14.7 Å².